The summed E-state index contributed by atoms with van der Waals surface area (Å²) in [6, 6.07) is 11.9. The Kier molecular flexibility index (Phi) is 5.91. The number of fused-ring (bicyclic) bond motifs is 1. The van der Waals surface area contributed by atoms with Crippen LogP contribution in [0.2, 0.25) is 0 Å². The number of aryl methyl sites for hydroxylation is 2. The lowest BCUT2D eigenvalue weighted by Crippen LogP contribution is -2.45. The molecule has 9 heteroatoms. The second-order valence-electron chi connectivity index (χ2n) is 9.25. The molecule has 0 bridgehead atoms. The summed E-state index contributed by atoms with van der Waals surface area (Å²) in [7, 11) is 0. The molecule has 5 nitrogen and oxygen atoms in total. The number of alkyl halides is 3. The van der Waals surface area contributed by atoms with Gasteiger partial charge in [0.1, 0.15) is 5.69 Å². The highest BCUT2D eigenvalue weighted by molar-refractivity contribution is 7.15. The van der Waals surface area contributed by atoms with E-state index < -0.39 is 17.6 Å². The molecule has 1 aromatic heterocycles. The van der Waals surface area contributed by atoms with Gasteiger partial charge in [0, 0.05) is 18.7 Å². The predicted octanol–water partition coefficient (Wildman–Crippen LogP) is 5.34. The first-order valence-electron chi connectivity index (χ1n) is 11.4. The molecule has 0 spiro atoms. The molecule has 3 atom stereocenters. The van der Waals surface area contributed by atoms with Crippen LogP contribution in [0.25, 0.3) is 10.4 Å². The standard InChI is InChI=1S/C26H24F3N3O2S/c1-14-4-3-5-17(10-14)23-22(31-15(2)35-23)25(34)32-13-18-11-20(18)21(32)12-30-24(33)16-6-8-19(9-7-16)26(27,28)29/h3-10,18,20-21H,11-13H2,1-2H3,(H,30,33). The van der Waals surface area contributed by atoms with Crippen LogP contribution in [0.4, 0.5) is 13.2 Å². The maximum atomic E-state index is 13.6. The zero-order chi connectivity index (χ0) is 24.9. The summed E-state index contributed by atoms with van der Waals surface area (Å²) in [6.07, 6.45) is -3.45. The van der Waals surface area contributed by atoms with Gasteiger partial charge in [-0.05, 0) is 61.9 Å². The van der Waals surface area contributed by atoms with E-state index in [-0.39, 0.29) is 24.1 Å². The Bertz CT molecular complexity index is 1290. The SMILES string of the molecule is Cc1cccc(-c2sc(C)nc2C(=O)N2CC3CC3C2CNC(=O)c2ccc(C(F)(F)F)cc2)c1. The Morgan fingerprint density at radius 2 is 1.89 bits per heavy atom. The second kappa shape index (κ2) is 8.78. The van der Waals surface area contributed by atoms with Gasteiger partial charge in [0.15, 0.2) is 0 Å². The van der Waals surface area contributed by atoms with E-state index in [2.05, 4.69) is 10.3 Å². The molecule has 1 aliphatic carbocycles. The number of thiazole rings is 1. The molecule has 3 unspecified atom stereocenters. The summed E-state index contributed by atoms with van der Waals surface area (Å²) < 4.78 is 38.4. The van der Waals surface area contributed by atoms with Gasteiger partial charge in [0.05, 0.1) is 21.5 Å². The van der Waals surface area contributed by atoms with Crippen LogP contribution in [0.1, 0.15) is 43.4 Å². The average molecular weight is 500 g/mol. The second-order valence-corrected chi connectivity index (χ2v) is 10.5. The van der Waals surface area contributed by atoms with Crippen molar-refractivity contribution >= 4 is 23.2 Å². The highest BCUT2D eigenvalue weighted by atomic mass is 32.1. The summed E-state index contributed by atoms with van der Waals surface area (Å²) in [5.41, 5.74) is 1.83. The first-order chi connectivity index (χ1) is 16.6. The largest absolute Gasteiger partial charge is 0.416 e. The topological polar surface area (TPSA) is 62.3 Å². The van der Waals surface area contributed by atoms with Gasteiger partial charge in [-0.15, -0.1) is 11.3 Å². The Hall–Kier alpha value is -3.20. The lowest BCUT2D eigenvalue weighted by Gasteiger charge is -2.27. The number of hydrogen-bond acceptors (Lipinski definition) is 4. The molecule has 1 N–H and O–H groups in total. The highest BCUT2D eigenvalue weighted by Gasteiger charge is 2.54. The monoisotopic (exact) mass is 499 g/mol. The Morgan fingerprint density at radius 1 is 1.14 bits per heavy atom. The maximum Gasteiger partial charge on any atom is 0.416 e. The van der Waals surface area contributed by atoms with E-state index in [1.807, 2.05) is 38.1 Å². The molecule has 1 saturated heterocycles. The van der Waals surface area contributed by atoms with Crippen molar-refractivity contribution in [3.8, 4) is 10.4 Å². The summed E-state index contributed by atoms with van der Waals surface area (Å²) in [6.45, 7) is 4.75. The zero-order valence-corrected chi connectivity index (χ0v) is 20.0. The van der Waals surface area contributed by atoms with E-state index >= 15 is 0 Å². The highest BCUT2D eigenvalue weighted by Crippen LogP contribution is 2.50. The Morgan fingerprint density at radius 3 is 2.57 bits per heavy atom. The van der Waals surface area contributed by atoms with Gasteiger partial charge in [0.25, 0.3) is 11.8 Å². The van der Waals surface area contributed by atoms with E-state index in [1.165, 1.54) is 23.5 Å². The number of nitrogens with one attached hydrogen (secondary N) is 1. The van der Waals surface area contributed by atoms with Crippen LogP contribution in [0.5, 0.6) is 0 Å². The van der Waals surface area contributed by atoms with Crippen molar-refractivity contribution in [2.24, 2.45) is 11.8 Å². The molecular formula is C26H24F3N3O2S. The summed E-state index contributed by atoms with van der Waals surface area (Å²) in [5.74, 6) is 0.120. The van der Waals surface area contributed by atoms with E-state index in [0.29, 0.717) is 24.1 Å². The number of nitrogens with zero attached hydrogens (tertiary/aromatic N) is 2. The third-order valence-corrected chi connectivity index (χ3v) is 7.75. The molecule has 1 aliphatic heterocycles. The van der Waals surface area contributed by atoms with Gasteiger partial charge >= 0.3 is 6.18 Å². The van der Waals surface area contributed by atoms with Crippen molar-refractivity contribution in [1.82, 2.24) is 15.2 Å². The van der Waals surface area contributed by atoms with Crippen LogP contribution < -0.4 is 5.32 Å². The molecule has 2 aromatic carbocycles. The number of carbonyl (C=O) groups is 2. The molecule has 2 aliphatic rings. The van der Waals surface area contributed by atoms with Crippen molar-refractivity contribution in [1.29, 1.82) is 0 Å². The number of carbonyl (C=O) groups excluding carboxylic acids is 2. The third kappa shape index (κ3) is 4.69. The van der Waals surface area contributed by atoms with Crippen LogP contribution in [-0.4, -0.2) is 40.8 Å². The fourth-order valence-corrected chi connectivity index (χ4v) is 5.77. The number of aromatic nitrogens is 1. The van der Waals surface area contributed by atoms with Gasteiger partial charge in [-0.3, -0.25) is 9.59 Å². The van der Waals surface area contributed by atoms with E-state index in [1.54, 1.807) is 4.90 Å². The minimum absolute atomic E-state index is 0.146. The zero-order valence-electron chi connectivity index (χ0n) is 19.2. The van der Waals surface area contributed by atoms with Crippen molar-refractivity contribution in [2.75, 3.05) is 13.1 Å². The molecule has 5 rings (SSSR count). The number of amides is 2. The summed E-state index contributed by atoms with van der Waals surface area (Å²) >= 11 is 1.49. The van der Waals surface area contributed by atoms with Crippen LogP contribution in [0.15, 0.2) is 48.5 Å². The van der Waals surface area contributed by atoms with Crippen LogP contribution in [0.3, 0.4) is 0 Å². The quantitative estimate of drug-likeness (QED) is 0.516. The molecule has 2 fully saturated rings. The number of rotatable bonds is 5. The van der Waals surface area contributed by atoms with E-state index in [9.17, 15) is 22.8 Å². The number of halogens is 3. The van der Waals surface area contributed by atoms with Crippen LogP contribution >= 0.6 is 11.3 Å². The molecule has 182 valence electrons. The third-order valence-electron chi connectivity index (χ3n) is 6.73. The lowest BCUT2D eigenvalue weighted by atomic mass is 10.1. The number of hydrogen-bond donors (Lipinski definition) is 1. The fraction of sp³-hybridized carbons (Fsp3) is 0.346. The van der Waals surface area contributed by atoms with E-state index in [0.717, 1.165) is 39.6 Å². The Labute approximate surface area is 205 Å². The molecule has 35 heavy (non-hydrogen) atoms. The summed E-state index contributed by atoms with van der Waals surface area (Å²) in [4.78, 5) is 33.4. The molecule has 2 heterocycles. The minimum atomic E-state index is -4.45. The van der Waals surface area contributed by atoms with Gasteiger partial charge < -0.3 is 10.2 Å². The minimum Gasteiger partial charge on any atom is -0.350 e. The van der Waals surface area contributed by atoms with Crippen molar-refractivity contribution < 1.29 is 22.8 Å². The molecular weight excluding hydrogens is 475 g/mol. The predicted molar refractivity (Wildman–Crippen MR) is 127 cm³/mol. The van der Waals surface area contributed by atoms with Crippen LogP contribution in [0, 0.1) is 25.7 Å². The van der Waals surface area contributed by atoms with Crippen molar-refractivity contribution in [3.63, 3.8) is 0 Å². The fourth-order valence-electron chi connectivity index (χ4n) is 4.87. The van der Waals surface area contributed by atoms with Gasteiger partial charge in [-0.2, -0.15) is 13.2 Å². The molecule has 2 amide bonds. The first kappa shape index (κ1) is 23.5. The smallest absolute Gasteiger partial charge is 0.350 e. The molecule has 3 aromatic rings. The normalized spacial score (nSPS) is 21.1. The molecule has 0 radical (unpaired) electrons. The van der Waals surface area contributed by atoms with Gasteiger partial charge in [-0.1, -0.05) is 29.8 Å². The average Bonchev–Trinajstić information content (AvgIpc) is 3.33. The van der Waals surface area contributed by atoms with Gasteiger partial charge in [0.2, 0.25) is 0 Å². The maximum absolute atomic E-state index is 13.6. The number of piperidine rings is 1. The van der Waals surface area contributed by atoms with E-state index in [4.69, 9.17) is 0 Å². The van der Waals surface area contributed by atoms with Gasteiger partial charge in [-0.25, -0.2) is 4.98 Å². The lowest BCUT2D eigenvalue weighted by molar-refractivity contribution is -0.137. The van der Waals surface area contributed by atoms with Crippen molar-refractivity contribution in [3.05, 3.63) is 75.9 Å². The first-order valence-corrected chi connectivity index (χ1v) is 12.2. The summed E-state index contributed by atoms with van der Waals surface area (Å²) in [5, 5.41) is 3.63. The van der Waals surface area contributed by atoms with Crippen molar-refractivity contribution in [2.45, 2.75) is 32.5 Å². The number of benzene rings is 2. The molecule has 1 saturated carbocycles. The number of likely N-dealkylation sites (tertiary alicyclic amines) is 1. The Balaban J connectivity index is 1.31. The van der Waals surface area contributed by atoms with Crippen LogP contribution in [-0.2, 0) is 6.18 Å².